The number of amides is 1. The van der Waals surface area contributed by atoms with E-state index in [0.717, 1.165) is 11.4 Å². The second kappa shape index (κ2) is 6.57. The van der Waals surface area contributed by atoms with Crippen LogP contribution in [0.5, 0.6) is 5.75 Å². The van der Waals surface area contributed by atoms with Gasteiger partial charge in [0.1, 0.15) is 5.75 Å². The largest absolute Gasteiger partial charge is 0.495 e. The van der Waals surface area contributed by atoms with E-state index in [1.165, 1.54) is 0 Å². The van der Waals surface area contributed by atoms with Crippen molar-refractivity contribution >= 4 is 11.6 Å². The first-order valence-electron chi connectivity index (χ1n) is 7.46. The predicted molar refractivity (Wildman–Crippen MR) is 86.6 cm³/mol. The van der Waals surface area contributed by atoms with Gasteiger partial charge in [0.05, 0.1) is 12.8 Å². The first-order valence-corrected chi connectivity index (χ1v) is 7.46. The topological polar surface area (TPSA) is 111 Å². The summed E-state index contributed by atoms with van der Waals surface area (Å²) in [5.41, 5.74) is -0.860. The number of H-pyrrole nitrogens is 2. The fourth-order valence-electron chi connectivity index (χ4n) is 2.68. The number of carbonyl (C=O) groups is 1. The number of rotatable bonds is 3. The van der Waals surface area contributed by atoms with Gasteiger partial charge in [0.25, 0.3) is 11.5 Å². The molecule has 0 bridgehead atoms. The first kappa shape index (κ1) is 15.8. The molecule has 24 heavy (non-hydrogen) atoms. The summed E-state index contributed by atoms with van der Waals surface area (Å²) in [6, 6.07) is 7.68. The molecule has 3 rings (SSSR count). The average Bonchev–Trinajstić information content (AvgIpc) is 2.61. The maximum atomic E-state index is 12.4. The normalized spacial score (nSPS) is 14.5. The van der Waals surface area contributed by atoms with Gasteiger partial charge in [-0.05, 0) is 12.1 Å². The highest BCUT2D eigenvalue weighted by atomic mass is 16.5. The highest BCUT2D eigenvalue weighted by molar-refractivity contribution is 5.91. The number of nitrogens with one attached hydrogen (secondary N) is 2. The van der Waals surface area contributed by atoms with Crippen molar-refractivity contribution in [2.45, 2.75) is 0 Å². The molecule has 2 aromatic rings. The minimum atomic E-state index is -0.782. The van der Waals surface area contributed by atoms with Crippen molar-refractivity contribution in [3.05, 3.63) is 50.8 Å². The molecule has 9 heteroatoms. The van der Waals surface area contributed by atoms with E-state index < -0.39 is 17.2 Å². The van der Waals surface area contributed by atoms with E-state index in [4.69, 9.17) is 4.74 Å². The van der Waals surface area contributed by atoms with Gasteiger partial charge in [0.2, 0.25) is 5.69 Å². The third-order valence-corrected chi connectivity index (χ3v) is 3.91. The lowest BCUT2D eigenvalue weighted by atomic mass is 10.2. The van der Waals surface area contributed by atoms with Gasteiger partial charge in [-0.1, -0.05) is 12.1 Å². The minimum Gasteiger partial charge on any atom is -0.495 e. The molecule has 1 amide bonds. The molecule has 0 aliphatic carbocycles. The number of ether oxygens (including phenoxy) is 1. The Morgan fingerprint density at radius 3 is 2.54 bits per heavy atom. The molecule has 0 radical (unpaired) electrons. The summed E-state index contributed by atoms with van der Waals surface area (Å²) in [7, 11) is 1.62. The molecule has 1 aliphatic rings. The number of hydrogen-bond acceptors (Lipinski definition) is 6. The fraction of sp³-hybridized carbons (Fsp3) is 0.333. The summed E-state index contributed by atoms with van der Waals surface area (Å²) in [5, 5.41) is 5.63. The molecule has 1 aliphatic heterocycles. The molecule has 126 valence electrons. The van der Waals surface area contributed by atoms with Crippen molar-refractivity contribution in [3.63, 3.8) is 0 Å². The number of methoxy groups -OCH3 is 1. The van der Waals surface area contributed by atoms with Crippen molar-refractivity contribution in [3.8, 4) is 5.75 Å². The summed E-state index contributed by atoms with van der Waals surface area (Å²) in [5.74, 6) is 0.281. The Bertz CT molecular complexity index is 851. The summed E-state index contributed by atoms with van der Waals surface area (Å²) in [6.45, 7) is 2.09. The lowest BCUT2D eigenvalue weighted by Crippen LogP contribution is -2.50. The summed E-state index contributed by atoms with van der Waals surface area (Å²) < 4.78 is 5.36. The molecule has 0 saturated carbocycles. The third kappa shape index (κ3) is 3.00. The molecule has 1 saturated heterocycles. The van der Waals surface area contributed by atoms with Gasteiger partial charge in [-0.25, -0.2) is 9.89 Å². The Hall–Kier alpha value is -3.10. The van der Waals surface area contributed by atoms with Crippen LogP contribution in [-0.4, -0.2) is 59.3 Å². The van der Waals surface area contributed by atoms with Crippen molar-refractivity contribution in [2.75, 3.05) is 38.2 Å². The van der Waals surface area contributed by atoms with E-state index in [1.54, 1.807) is 12.0 Å². The second-order valence-electron chi connectivity index (χ2n) is 5.31. The van der Waals surface area contributed by atoms with Gasteiger partial charge in [-0.3, -0.25) is 14.6 Å². The molecule has 0 spiro atoms. The molecular weight excluding hydrogens is 314 g/mol. The zero-order valence-electron chi connectivity index (χ0n) is 13.1. The molecule has 9 nitrogen and oxygen atoms in total. The van der Waals surface area contributed by atoms with Gasteiger partial charge in [0, 0.05) is 26.2 Å². The highest BCUT2D eigenvalue weighted by Gasteiger charge is 2.26. The van der Waals surface area contributed by atoms with E-state index >= 15 is 0 Å². The number of aromatic nitrogens is 3. The highest BCUT2D eigenvalue weighted by Crippen LogP contribution is 2.28. The standard InChI is InChI=1S/C15H17N5O4/c1-24-11-5-3-2-4-10(11)19-6-8-20(9-7-19)14(22)12-13(21)16-15(23)18-17-12/h2-5H,6-9H2,1H3,(H2,16,18,21,23). The molecule has 1 fully saturated rings. The molecule has 1 aromatic carbocycles. The molecule has 2 N–H and O–H groups in total. The van der Waals surface area contributed by atoms with Gasteiger partial charge in [-0.15, -0.1) is 0 Å². The van der Waals surface area contributed by atoms with Crippen molar-refractivity contribution in [1.29, 1.82) is 0 Å². The number of nitrogens with zero attached hydrogens (tertiary/aromatic N) is 3. The lowest BCUT2D eigenvalue weighted by Gasteiger charge is -2.36. The van der Waals surface area contributed by atoms with Gasteiger partial charge in [-0.2, -0.15) is 5.10 Å². The number of para-hydroxylation sites is 2. The van der Waals surface area contributed by atoms with Gasteiger partial charge in [0.15, 0.2) is 0 Å². The quantitative estimate of drug-likeness (QED) is 0.779. The van der Waals surface area contributed by atoms with Crippen LogP contribution in [0, 0.1) is 0 Å². The molecule has 2 heterocycles. The number of anilines is 1. The van der Waals surface area contributed by atoms with Crippen molar-refractivity contribution < 1.29 is 9.53 Å². The monoisotopic (exact) mass is 331 g/mol. The SMILES string of the molecule is COc1ccccc1N1CCN(C(=O)c2n[nH]c(=O)[nH]c2=O)CC1. The van der Waals surface area contributed by atoms with Crippen LogP contribution in [0.1, 0.15) is 10.5 Å². The van der Waals surface area contributed by atoms with Crippen LogP contribution in [0.2, 0.25) is 0 Å². The third-order valence-electron chi connectivity index (χ3n) is 3.91. The Kier molecular flexibility index (Phi) is 4.32. The van der Waals surface area contributed by atoms with E-state index in [9.17, 15) is 14.4 Å². The van der Waals surface area contributed by atoms with E-state index in [0.29, 0.717) is 26.2 Å². The Labute approximate surface area is 136 Å². The second-order valence-corrected chi connectivity index (χ2v) is 5.31. The van der Waals surface area contributed by atoms with Crippen molar-refractivity contribution in [2.24, 2.45) is 0 Å². The molecule has 0 atom stereocenters. The first-order chi connectivity index (χ1) is 11.6. The molecule has 1 aromatic heterocycles. The average molecular weight is 331 g/mol. The number of piperazine rings is 1. The van der Waals surface area contributed by atoms with Crippen LogP contribution >= 0.6 is 0 Å². The Morgan fingerprint density at radius 2 is 1.88 bits per heavy atom. The zero-order chi connectivity index (χ0) is 17.1. The Morgan fingerprint density at radius 1 is 1.17 bits per heavy atom. The van der Waals surface area contributed by atoms with Crippen LogP contribution < -0.4 is 20.9 Å². The summed E-state index contributed by atoms with van der Waals surface area (Å²) >= 11 is 0. The predicted octanol–water partition coefficient (Wildman–Crippen LogP) is -0.571. The number of benzene rings is 1. The van der Waals surface area contributed by atoms with Crippen LogP contribution in [0.4, 0.5) is 5.69 Å². The van der Waals surface area contributed by atoms with Crippen molar-refractivity contribution in [1.82, 2.24) is 20.1 Å². The minimum absolute atomic E-state index is 0.305. The number of hydrogen-bond donors (Lipinski definition) is 2. The molecular formula is C15H17N5O4. The number of carbonyl (C=O) groups excluding carboxylic acids is 1. The van der Waals surface area contributed by atoms with Crippen LogP contribution in [0.3, 0.4) is 0 Å². The van der Waals surface area contributed by atoms with Gasteiger partial charge >= 0.3 is 5.69 Å². The Balaban J connectivity index is 1.72. The smallest absolute Gasteiger partial charge is 0.342 e. The van der Waals surface area contributed by atoms with E-state index in [1.807, 2.05) is 29.2 Å². The van der Waals surface area contributed by atoms with Crippen LogP contribution in [0.15, 0.2) is 33.9 Å². The van der Waals surface area contributed by atoms with E-state index in [-0.39, 0.29) is 5.69 Å². The van der Waals surface area contributed by atoms with Crippen LogP contribution in [0.25, 0.3) is 0 Å². The number of aromatic amines is 2. The fourth-order valence-corrected chi connectivity index (χ4v) is 2.68. The summed E-state index contributed by atoms with van der Waals surface area (Å²) in [4.78, 5) is 40.7. The van der Waals surface area contributed by atoms with Gasteiger partial charge < -0.3 is 14.5 Å². The van der Waals surface area contributed by atoms with Crippen LogP contribution in [-0.2, 0) is 0 Å². The summed E-state index contributed by atoms with van der Waals surface area (Å²) in [6.07, 6.45) is 0. The zero-order valence-corrected chi connectivity index (χ0v) is 13.1. The maximum absolute atomic E-state index is 12.4. The maximum Gasteiger partial charge on any atom is 0.342 e. The molecule has 0 unspecified atom stereocenters. The lowest BCUT2D eigenvalue weighted by molar-refractivity contribution is 0.0737. The van der Waals surface area contributed by atoms with E-state index in [2.05, 4.69) is 15.1 Å².